The topological polar surface area (TPSA) is 75.7 Å². The van der Waals surface area contributed by atoms with Crippen molar-refractivity contribution in [2.45, 2.75) is 6.61 Å². The quantitative estimate of drug-likeness (QED) is 0.184. The lowest BCUT2D eigenvalue weighted by Crippen LogP contribution is -2.54. The minimum atomic E-state index is -0.814. The Bertz CT molecular complexity index is 1580. The van der Waals surface area contributed by atoms with Gasteiger partial charge in [-0.3, -0.25) is 14.9 Å². The number of imide groups is 2. The molecule has 6 nitrogen and oxygen atoms in total. The molecule has 0 aliphatic carbocycles. The van der Waals surface area contributed by atoms with E-state index in [1.54, 1.807) is 36.4 Å². The number of hydrogen-bond donors (Lipinski definition) is 1. The van der Waals surface area contributed by atoms with Crippen LogP contribution in [0.3, 0.4) is 0 Å². The first kappa shape index (κ1) is 25.2. The van der Waals surface area contributed by atoms with Crippen molar-refractivity contribution in [1.29, 1.82) is 0 Å². The molecule has 184 valence electrons. The van der Waals surface area contributed by atoms with Crippen molar-refractivity contribution in [3.63, 3.8) is 0 Å². The largest absolute Gasteiger partial charge is 0.486 e. The van der Waals surface area contributed by atoms with E-state index in [-0.39, 0.29) is 5.57 Å². The molecule has 0 spiro atoms. The van der Waals surface area contributed by atoms with Gasteiger partial charge in [-0.1, -0.05) is 63.9 Å². The van der Waals surface area contributed by atoms with Gasteiger partial charge in [0, 0.05) is 4.47 Å². The van der Waals surface area contributed by atoms with Crippen LogP contribution in [-0.4, -0.2) is 17.8 Å². The fourth-order valence-corrected chi connectivity index (χ4v) is 5.19. The molecule has 0 atom stereocenters. The summed E-state index contributed by atoms with van der Waals surface area (Å²) in [4.78, 5) is 39.0. The highest BCUT2D eigenvalue weighted by atomic mass is 79.9. The maximum atomic E-state index is 13.1. The highest BCUT2D eigenvalue weighted by molar-refractivity contribution is 9.10. The van der Waals surface area contributed by atoms with Crippen LogP contribution in [0.5, 0.6) is 5.75 Å². The smallest absolute Gasteiger partial charge is 0.335 e. The summed E-state index contributed by atoms with van der Waals surface area (Å²) in [7, 11) is 0. The summed E-state index contributed by atoms with van der Waals surface area (Å²) in [6.45, 7) is 0.300. The van der Waals surface area contributed by atoms with E-state index in [0.29, 0.717) is 33.1 Å². The average Bonchev–Trinajstić information content (AvgIpc) is 2.87. The number of amides is 4. The Hall–Kier alpha value is -3.46. The number of hydrogen-bond acceptors (Lipinski definition) is 4. The van der Waals surface area contributed by atoms with Gasteiger partial charge < -0.3 is 4.74 Å². The second kappa shape index (κ2) is 10.5. The van der Waals surface area contributed by atoms with Crippen molar-refractivity contribution in [3.05, 3.63) is 110 Å². The molecule has 4 aromatic rings. The second-order valence-electron chi connectivity index (χ2n) is 8.22. The minimum Gasteiger partial charge on any atom is -0.486 e. The number of nitrogens with zero attached hydrogens (tertiary/aromatic N) is 1. The highest BCUT2D eigenvalue weighted by Gasteiger charge is 2.36. The first-order valence-corrected chi connectivity index (χ1v) is 13.0. The molecule has 0 aromatic heterocycles. The summed E-state index contributed by atoms with van der Waals surface area (Å²) in [5.41, 5.74) is 1.60. The number of barbiturate groups is 1. The third kappa shape index (κ3) is 5.32. The number of fused-ring (bicyclic) bond motifs is 1. The molecule has 1 saturated heterocycles. The molecule has 4 aromatic carbocycles. The summed E-state index contributed by atoms with van der Waals surface area (Å²) in [5, 5.41) is 4.77. The third-order valence-corrected chi connectivity index (χ3v) is 7.11. The van der Waals surface area contributed by atoms with E-state index in [0.717, 1.165) is 25.7 Å². The van der Waals surface area contributed by atoms with Crippen LogP contribution in [0.2, 0.25) is 5.02 Å². The maximum Gasteiger partial charge on any atom is 0.335 e. The van der Waals surface area contributed by atoms with Gasteiger partial charge in [0.25, 0.3) is 11.8 Å². The Morgan fingerprint density at radius 3 is 2.35 bits per heavy atom. The number of rotatable bonds is 5. The predicted octanol–water partition coefficient (Wildman–Crippen LogP) is 7.26. The van der Waals surface area contributed by atoms with Gasteiger partial charge in [0.15, 0.2) is 5.75 Å². The Kier molecular flexibility index (Phi) is 7.15. The summed E-state index contributed by atoms with van der Waals surface area (Å²) in [6.07, 6.45) is 1.39. The lowest BCUT2D eigenvalue weighted by molar-refractivity contribution is -0.122. The molecular formula is C28H17Br2ClN2O4. The molecule has 0 bridgehead atoms. The third-order valence-electron chi connectivity index (χ3n) is 5.72. The van der Waals surface area contributed by atoms with Crippen molar-refractivity contribution < 1.29 is 19.1 Å². The number of halogens is 3. The van der Waals surface area contributed by atoms with Crippen molar-refractivity contribution >= 4 is 83.8 Å². The molecular weight excluding hydrogens is 624 g/mol. The Balaban J connectivity index is 1.39. The van der Waals surface area contributed by atoms with Gasteiger partial charge >= 0.3 is 6.03 Å². The van der Waals surface area contributed by atoms with Gasteiger partial charge in [-0.25, -0.2) is 9.69 Å². The maximum absolute atomic E-state index is 13.1. The second-order valence-corrected chi connectivity index (χ2v) is 10.4. The standard InChI is InChI=1S/C28H17Br2ClN2O4/c29-20-7-9-21(10-8-20)33-27(35)22(26(34)32-28(33)36)12-17-13-23(30)25(24(31)14-17)37-15-16-5-6-18-3-1-2-4-19(18)11-16/h1-14H,15H2,(H,32,34,36)/b22-12+. The fraction of sp³-hybridized carbons (Fsp3) is 0.0357. The van der Waals surface area contributed by atoms with E-state index in [4.69, 9.17) is 16.3 Å². The van der Waals surface area contributed by atoms with Crippen LogP contribution in [-0.2, 0) is 16.2 Å². The molecule has 1 N–H and O–H groups in total. The van der Waals surface area contributed by atoms with E-state index >= 15 is 0 Å². The highest BCUT2D eigenvalue weighted by Crippen LogP contribution is 2.36. The number of carbonyl (C=O) groups is 3. The zero-order valence-electron chi connectivity index (χ0n) is 19.0. The Labute approximate surface area is 234 Å². The van der Waals surface area contributed by atoms with Crippen molar-refractivity contribution in [3.8, 4) is 5.75 Å². The van der Waals surface area contributed by atoms with Gasteiger partial charge in [0.2, 0.25) is 0 Å². The molecule has 0 unspecified atom stereocenters. The molecule has 1 aliphatic heterocycles. The predicted molar refractivity (Wildman–Crippen MR) is 151 cm³/mol. The van der Waals surface area contributed by atoms with Gasteiger partial charge in [-0.05, 0) is 86.4 Å². The number of nitrogens with one attached hydrogen (secondary N) is 1. The number of benzene rings is 4. The molecule has 1 fully saturated rings. The normalized spacial score (nSPS) is 14.8. The fourth-order valence-electron chi connectivity index (χ4n) is 3.93. The molecule has 9 heteroatoms. The number of ether oxygens (including phenoxy) is 1. The molecule has 37 heavy (non-hydrogen) atoms. The zero-order valence-corrected chi connectivity index (χ0v) is 22.9. The zero-order chi connectivity index (χ0) is 26.1. The monoisotopic (exact) mass is 638 g/mol. The van der Waals surface area contributed by atoms with Crippen LogP contribution in [0.25, 0.3) is 16.8 Å². The SMILES string of the molecule is O=C1NC(=O)N(c2ccc(Br)cc2)C(=O)/C1=C/c1cc(Cl)c(OCc2ccc3ccccc3c2)c(Br)c1. The van der Waals surface area contributed by atoms with Crippen LogP contribution in [0.1, 0.15) is 11.1 Å². The van der Waals surface area contributed by atoms with Crippen LogP contribution < -0.4 is 15.0 Å². The first-order valence-electron chi connectivity index (χ1n) is 11.1. The van der Waals surface area contributed by atoms with Crippen LogP contribution >= 0.6 is 43.5 Å². The minimum absolute atomic E-state index is 0.199. The summed E-state index contributed by atoms with van der Waals surface area (Å²) in [6, 6.07) is 23.2. The summed E-state index contributed by atoms with van der Waals surface area (Å²) in [5.74, 6) is -1.09. The number of urea groups is 1. The molecule has 0 radical (unpaired) electrons. The number of anilines is 1. The van der Waals surface area contributed by atoms with E-state index in [9.17, 15) is 14.4 Å². The lowest BCUT2D eigenvalue weighted by atomic mass is 10.1. The van der Waals surface area contributed by atoms with E-state index in [2.05, 4.69) is 43.2 Å². The van der Waals surface area contributed by atoms with Crippen LogP contribution in [0.15, 0.2) is 93.4 Å². The summed E-state index contributed by atoms with van der Waals surface area (Å²) < 4.78 is 7.33. The number of carbonyl (C=O) groups excluding carboxylic acids is 3. The molecule has 4 amide bonds. The molecule has 1 aliphatic rings. The average molecular weight is 641 g/mol. The van der Waals surface area contributed by atoms with Gasteiger partial charge in [0.1, 0.15) is 12.2 Å². The van der Waals surface area contributed by atoms with E-state index in [1.807, 2.05) is 36.4 Å². The Morgan fingerprint density at radius 1 is 0.892 bits per heavy atom. The summed E-state index contributed by atoms with van der Waals surface area (Å²) >= 11 is 13.3. The first-order chi connectivity index (χ1) is 17.8. The van der Waals surface area contributed by atoms with Gasteiger partial charge in [-0.15, -0.1) is 0 Å². The lowest BCUT2D eigenvalue weighted by Gasteiger charge is -2.26. The van der Waals surface area contributed by atoms with Crippen LogP contribution in [0, 0.1) is 0 Å². The van der Waals surface area contributed by atoms with E-state index in [1.165, 1.54) is 6.08 Å². The van der Waals surface area contributed by atoms with Crippen molar-refractivity contribution in [2.75, 3.05) is 4.90 Å². The molecule has 5 rings (SSSR count). The van der Waals surface area contributed by atoms with Crippen molar-refractivity contribution in [1.82, 2.24) is 5.32 Å². The molecule has 1 heterocycles. The Morgan fingerprint density at radius 2 is 1.62 bits per heavy atom. The van der Waals surface area contributed by atoms with Gasteiger partial charge in [-0.2, -0.15) is 0 Å². The molecule has 0 saturated carbocycles. The van der Waals surface area contributed by atoms with Gasteiger partial charge in [0.05, 0.1) is 15.2 Å². The van der Waals surface area contributed by atoms with Crippen LogP contribution in [0.4, 0.5) is 10.5 Å². The van der Waals surface area contributed by atoms with E-state index < -0.39 is 17.8 Å². The van der Waals surface area contributed by atoms with Crippen molar-refractivity contribution in [2.24, 2.45) is 0 Å².